The van der Waals surface area contributed by atoms with Gasteiger partial charge in [0.1, 0.15) is 6.33 Å². The summed E-state index contributed by atoms with van der Waals surface area (Å²) in [6.45, 7) is 3.34. The molecule has 0 aromatic carbocycles. The van der Waals surface area contributed by atoms with Crippen molar-refractivity contribution >= 4 is 6.20 Å². The van der Waals surface area contributed by atoms with Crippen LogP contribution in [-0.4, -0.2) is 14.8 Å². The maximum atomic E-state index is 10.4. The smallest absolute Gasteiger partial charge is 0.295 e. The summed E-state index contributed by atoms with van der Waals surface area (Å²) in [7, 11) is 0. The molecule has 0 aliphatic heterocycles. The average Bonchev–Trinajstić information content (AvgIpc) is 2.14. The van der Waals surface area contributed by atoms with E-state index in [2.05, 4.69) is 16.7 Å². The number of H-pyrrole nitrogens is 1. The molecule has 0 amide bonds. The topological polar surface area (TPSA) is 50.7 Å². The van der Waals surface area contributed by atoms with Crippen LogP contribution in [0.5, 0.6) is 0 Å². The largest absolute Gasteiger partial charge is 0.347 e. The maximum absolute atomic E-state index is 10.4. The van der Waals surface area contributed by atoms with Crippen LogP contribution in [0.25, 0.3) is 6.20 Å². The minimum Gasteiger partial charge on any atom is -0.295 e. The third-order valence-corrected chi connectivity index (χ3v) is 0.751. The first-order valence-electron chi connectivity index (χ1n) is 2.09. The average molecular weight is 111 g/mol. The predicted octanol–water partition coefficient (Wildman–Crippen LogP) is -0.328. The van der Waals surface area contributed by atoms with Gasteiger partial charge in [-0.05, 0) is 0 Å². The Hall–Kier alpha value is -1.32. The van der Waals surface area contributed by atoms with Gasteiger partial charge in [0.15, 0.2) is 0 Å². The van der Waals surface area contributed by atoms with Crippen LogP contribution in [0.3, 0.4) is 0 Å². The number of aromatic amines is 1. The first-order chi connectivity index (χ1) is 3.84. The Labute approximate surface area is 45.5 Å². The lowest BCUT2D eigenvalue weighted by atomic mass is 11.0. The summed E-state index contributed by atoms with van der Waals surface area (Å²) in [5.41, 5.74) is -0.264. The molecule has 1 aromatic rings. The Morgan fingerprint density at radius 1 is 2.00 bits per heavy atom. The molecule has 1 heterocycles. The van der Waals surface area contributed by atoms with Crippen LogP contribution in [0, 0.1) is 0 Å². The molecule has 1 aromatic heterocycles. The first kappa shape index (κ1) is 4.83. The molecule has 0 radical (unpaired) electrons. The Kier molecular flexibility index (Phi) is 0.997. The number of aromatic nitrogens is 3. The lowest BCUT2D eigenvalue weighted by Gasteiger charge is -1.78. The van der Waals surface area contributed by atoms with Gasteiger partial charge in [0, 0.05) is 6.20 Å². The van der Waals surface area contributed by atoms with Crippen LogP contribution in [0.2, 0.25) is 0 Å². The second-order valence-corrected chi connectivity index (χ2v) is 1.22. The molecule has 4 nitrogen and oxygen atoms in total. The monoisotopic (exact) mass is 111 g/mol. The standard InChI is InChI=1S/C4H5N3O/c1-2-7-4(8)5-3-6-7/h2-3H,1H2,(H,5,6,8). The van der Waals surface area contributed by atoms with Crippen LogP contribution in [0.15, 0.2) is 17.7 Å². The Balaban J connectivity index is 3.30. The molecular formula is C4H5N3O. The molecule has 1 N–H and O–H groups in total. The number of hydrogen-bond donors (Lipinski definition) is 1. The fraction of sp³-hybridized carbons (Fsp3) is 0. The van der Waals surface area contributed by atoms with Gasteiger partial charge in [-0.3, -0.25) is 4.98 Å². The lowest BCUT2D eigenvalue weighted by molar-refractivity contribution is 0.896. The molecule has 0 aliphatic rings. The van der Waals surface area contributed by atoms with Gasteiger partial charge in [-0.2, -0.15) is 9.78 Å². The van der Waals surface area contributed by atoms with Crippen molar-refractivity contribution in [2.24, 2.45) is 0 Å². The zero-order valence-electron chi connectivity index (χ0n) is 4.16. The predicted molar refractivity (Wildman–Crippen MR) is 29.2 cm³/mol. The second-order valence-electron chi connectivity index (χ2n) is 1.22. The molecule has 0 atom stereocenters. The highest BCUT2D eigenvalue weighted by molar-refractivity contribution is 5.10. The zero-order chi connectivity index (χ0) is 5.98. The normalized spacial score (nSPS) is 9.00. The van der Waals surface area contributed by atoms with Crippen molar-refractivity contribution in [3.8, 4) is 0 Å². The minimum atomic E-state index is -0.264. The molecule has 1 rings (SSSR count). The second kappa shape index (κ2) is 1.65. The van der Waals surface area contributed by atoms with Crippen molar-refractivity contribution in [3.05, 3.63) is 23.4 Å². The van der Waals surface area contributed by atoms with Crippen molar-refractivity contribution in [1.82, 2.24) is 14.8 Å². The van der Waals surface area contributed by atoms with E-state index < -0.39 is 0 Å². The summed E-state index contributed by atoms with van der Waals surface area (Å²) < 4.78 is 1.11. The van der Waals surface area contributed by atoms with Crippen molar-refractivity contribution in [2.75, 3.05) is 0 Å². The summed E-state index contributed by atoms with van der Waals surface area (Å²) in [4.78, 5) is 12.8. The molecule has 0 bridgehead atoms. The molecule has 0 saturated carbocycles. The highest BCUT2D eigenvalue weighted by atomic mass is 16.1. The van der Waals surface area contributed by atoms with Crippen molar-refractivity contribution in [2.45, 2.75) is 0 Å². The summed E-state index contributed by atoms with van der Waals surface area (Å²) in [6, 6.07) is 0. The van der Waals surface area contributed by atoms with Gasteiger partial charge in [-0.1, -0.05) is 6.58 Å². The van der Waals surface area contributed by atoms with Gasteiger partial charge in [-0.25, -0.2) is 4.79 Å². The fourth-order valence-corrected chi connectivity index (χ4v) is 0.395. The molecule has 0 saturated heterocycles. The van der Waals surface area contributed by atoms with E-state index in [-0.39, 0.29) is 5.69 Å². The molecule has 0 fully saturated rings. The molecule has 8 heavy (non-hydrogen) atoms. The van der Waals surface area contributed by atoms with Crippen molar-refractivity contribution < 1.29 is 0 Å². The number of hydrogen-bond acceptors (Lipinski definition) is 2. The van der Waals surface area contributed by atoms with E-state index in [0.717, 1.165) is 4.68 Å². The van der Waals surface area contributed by atoms with E-state index in [1.807, 2.05) is 0 Å². The van der Waals surface area contributed by atoms with E-state index in [0.29, 0.717) is 0 Å². The summed E-state index contributed by atoms with van der Waals surface area (Å²) in [5, 5.41) is 3.56. The van der Waals surface area contributed by atoms with E-state index >= 15 is 0 Å². The number of nitrogens with zero attached hydrogens (tertiary/aromatic N) is 2. The first-order valence-corrected chi connectivity index (χ1v) is 2.09. The van der Waals surface area contributed by atoms with Gasteiger partial charge in [-0.15, -0.1) is 0 Å². The van der Waals surface area contributed by atoms with E-state index in [1.165, 1.54) is 12.5 Å². The van der Waals surface area contributed by atoms with Crippen LogP contribution in [0.4, 0.5) is 0 Å². The summed E-state index contributed by atoms with van der Waals surface area (Å²) in [6.07, 6.45) is 2.64. The van der Waals surface area contributed by atoms with E-state index in [1.54, 1.807) is 0 Å². The summed E-state index contributed by atoms with van der Waals surface area (Å²) in [5.74, 6) is 0. The quantitative estimate of drug-likeness (QED) is 0.539. The van der Waals surface area contributed by atoms with Crippen LogP contribution >= 0.6 is 0 Å². The molecule has 0 unspecified atom stereocenters. The fourth-order valence-electron chi connectivity index (χ4n) is 0.395. The Morgan fingerprint density at radius 3 is 3.00 bits per heavy atom. The Bertz CT molecular complexity index is 233. The van der Waals surface area contributed by atoms with Gasteiger partial charge in [0.25, 0.3) is 0 Å². The van der Waals surface area contributed by atoms with Crippen molar-refractivity contribution in [1.29, 1.82) is 0 Å². The van der Waals surface area contributed by atoms with Crippen LogP contribution in [0.1, 0.15) is 0 Å². The van der Waals surface area contributed by atoms with Gasteiger partial charge in [0.05, 0.1) is 0 Å². The number of rotatable bonds is 1. The third-order valence-electron chi connectivity index (χ3n) is 0.751. The van der Waals surface area contributed by atoms with Gasteiger partial charge in [0.2, 0.25) is 0 Å². The molecular weight excluding hydrogens is 106 g/mol. The van der Waals surface area contributed by atoms with Gasteiger partial charge < -0.3 is 0 Å². The highest BCUT2D eigenvalue weighted by Crippen LogP contribution is 1.66. The minimum absolute atomic E-state index is 0.264. The molecule has 0 spiro atoms. The molecule has 0 aliphatic carbocycles. The third kappa shape index (κ3) is 0.556. The van der Waals surface area contributed by atoms with E-state index in [4.69, 9.17) is 0 Å². The molecule has 42 valence electrons. The van der Waals surface area contributed by atoms with E-state index in [9.17, 15) is 4.79 Å². The lowest BCUT2D eigenvalue weighted by Crippen LogP contribution is -2.11. The maximum Gasteiger partial charge on any atom is 0.347 e. The van der Waals surface area contributed by atoms with Crippen LogP contribution < -0.4 is 5.69 Å². The van der Waals surface area contributed by atoms with Crippen molar-refractivity contribution in [3.63, 3.8) is 0 Å². The van der Waals surface area contributed by atoms with Gasteiger partial charge >= 0.3 is 5.69 Å². The molecule has 4 heteroatoms. The summed E-state index contributed by atoms with van der Waals surface area (Å²) >= 11 is 0. The zero-order valence-corrected chi connectivity index (χ0v) is 4.16. The Morgan fingerprint density at radius 2 is 2.75 bits per heavy atom. The van der Waals surface area contributed by atoms with Crippen LogP contribution in [-0.2, 0) is 0 Å². The number of nitrogens with one attached hydrogen (secondary N) is 1. The highest BCUT2D eigenvalue weighted by Gasteiger charge is 1.85. The SMILES string of the molecule is C=Cn1nc[nH]c1=O.